The van der Waals surface area contributed by atoms with Crippen molar-refractivity contribution in [1.29, 1.82) is 0 Å². The van der Waals surface area contributed by atoms with Crippen LogP contribution in [0.3, 0.4) is 0 Å². The smallest absolute Gasteiger partial charge is 0.00999 e. The maximum absolute atomic E-state index is 2.55. The SMILES string of the molecule is Cc1ccccc1C12C3CC(CC31C)C2(C)C. The molecule has 0 aliphatic heterocycles. The first-order chi connectivity index (χ1) is 7.96. The summed E-state index contributed by atoms with van der Waals surface area (Å²) >= 11 is 0. The highest BCUT2D eigenvalue weighted by Crippen LogP contribution is 2.92. The Labute approximate surface area is 104 Å². The molecule has 4 aliphatic carbocycles. The molecule has 0 spiro atoms. The Morgan fingerprint density at radius 2 is 1.82 bits per heavy atom. The number of hydrogen-bond acceptors (Lipinski definition) is 0. The van der Waals surface area contributed by atoms with Gasteiger partial charge in [0, 0.05) is 5.41 Å². The third-order valence-electron chi connectivity index (χ3n) is 6.91. The standard InChI is InChI=1S/C17H22/c1-11-7-5-6-8-13(11)17-14-9-12(15(17,2)3)10-16(14,17)4/h5-8,12,14H,9-10H2,1-4H3. The van der Waals surface area contributed by atoms with Crippen LogP contribution in [0.25, 0.3) is 0 Å². The molecule has 4 atom stereocenters. The van der Waals surface area contributed by atoms with Crippen LogP contribution in [-0.2, 0) is 5.41 Å². The highest BCUT2D eigenvalue weighted by Gasteiger charge is 2.89. The zero-order valence-corrected chi connectivity index (χ0v) is 11.4. The summed E-state index contributed by atoms with van der Waals surface area (Å²) in [4.78, 5) is 0. The molecule has 0 heteroatoms. The fraction of sp³-hybridized carbons (Fsp3) is 0.647. The second-order valence-corrected chi connectivity index (χ2v) is 7.45. The van der Waals surface area contributed by atoms with Gasteiger partial charge in [-0.2, -0.15) is 0 Å². The van der Waals surface area contributed by atoms with Crippen LogP contribution >= 0.6 is 0 Å². The summed E-state index contributed by atoms with van der Waals surface area (Å²) in [7, 11) is 0. The molecule has 1 aromatic carbocycles. The van der Waals surface area contributed by atoms with E-state index in [9.17, 15) is 0 Å². The van der Waals surface area contributed by atoms with E-state index in [0.29, 0.717) is 16.2 Å². The lowest BCUT2D eigenvalue weighted by Crippen LogP contribution is -2.30. The van der Waals surface area contributed by atoms with E-state index in [2.05, 4.69) is 52.0 Å². The highest BCUT2D eigenvalue weighted by atomic mass is 14.9. The molecule has 0 saturated heterocycles. The number of benzene rings is 1. The van der Waals surface area contributed by atoms with E-state index >= 15 is 0 Å². The van der Waals surface area contributed by atoms with Gasteiger partial charge in [0.05, 0.1) is 0 Å². The fourth-order valence-corrected chi connectivity index (χ4v) is 6.31. The quantitative estimate of drug-likeness (QED) is 0.669. The summed E-state index contributed by atoms with van der Waals surface area (Å²) in [6.07, 6.45) is 2.96. The minimum atomic E-state index is 0.510. The third kappa shape index (κ3) is 0.758. The van der Waals surface area contributed by atoms with Crippen LogP contribution in [0.5, 0.6) is 0 Å². The van der Waals surface area contributed by atoms with Gasteiger partial charge in [0.25, 0.3) is 0 Å². The molecular formula is C17H22. The van der Waals surface area contributed by atoms with Crippen molar-refractivity contribution in [2.24, 2.45) is 22.7 Å². The molecule has 0 aromatic heterocycles. The van der Waals surface area contributed by atoms with Gasteiger partial charge in [-0.3, -0.25) is 0 Å². The van der Waals surface area contributed by atoms with Gasteiger partial charge >= 0.3 is 0 Å². The molecule has 17 heavy (non-hydrogen) atoms. The summed E-state index contributed by atoms with van der Waals surface area (Å²) in [6.45, 7) is 9.91. The summed E-state index contributed by atoms with van der Waals surface area (Å²) in [5.74, 6) is 1.94. The minimum Gasteiger partial charge on any atom is -0.0620 e. The second-order valence-electron chi connectivity index (χ2n) is 7.45. The van der Waals surface area contributed by atoms with Gasteiger partial charge in [0.1, 0.15) is 0 Å². The Balaban J connectivity index is 1.99. The summed E-state index contributed by atoms with van der Waals surface area (Å²) < 4.78 is 0. The molecule has 90 valence electrons. The van der Waals surface area contributed by atoms with Crippen molar-refractivity contribution in [2.75, 3.05) is 0 Å². The molecule has 0 N–H and O–H groups in total. The normalized spacial score (nSPS) is 48.5. The van der Waals surface area contributed by atoms with Crippen LogP contribution in [0.4, 0.5) is 0 Å². The third-order valence-corrected chi connectivity index (χ3v) is 6.91. The molecule has 4 fully saturated rings. The molecule has 5 rings (SSSR count). The zero-order chi connectivity index (χ0) is 12.1. The second kappa shape index (κ2) is 2.48. The minimum absolute atomic E-state index is 0.510. The predicted octanol–water partition coefficient (Wildman–Crippen LogP) is 4.32. The average Bonchev–Trinajstić information content (AvgIpc) is 2.53. The first kappa shape index (κ1) is 10.2. The monoisotopic (exact) mass is 226 g/mol. The molecular weight excluding hydrogens is 204 g/mol. The summed E-state index contributed by atoms with van der Waals surface area (Å²) in [5, 5.41) is 0. The van der Waals surface area contributed by atoms with E-state index in [1.165, 1.54) is 18.4 Å². The topological polar surface area (TPSA) is 0 Å². The predicted molar refractivity (Wildman–Crippen MR) is 71.0 cm³/mol. The summed E-state index contributed by atoms with van der Waals surface area (Å²) in [5.41, 5.74) is 4.82. The van der Waals surface area contributed by atoms with Crippen molar-refractivity contribution in [3.63, 3.8) is 0 Å². The van der Waals surface area contributed by atoms with Crippen LogP contribution in [0.15, 0.2) is 24.3 Å². The van der Waals surface area contributed by atoms with Crippen LogP contribution in [0.1, 0.15) is 44.7 Å². The van der Waals surface area contributed by atoms with Gasteiger partial charge in [-0.1, -0.05) is 45.0 Å². The van der Waals surface area contributed by atoms with Crippen LogP contribution in [-0.4, -0.2) is 0 Å². The van der Waals surface area contributed by atoms with Gasteiger partial charge < -0.3 is 0 Å². The van der Waals surface area contributed by atoms with E-state index < -0.39 is 0 Å². The Morgan fingerprint density at radius 1 is 1.12 bits per heavy atom. The molecule has 4 unspecified atom stereocenters. The van der Waals surface area contributed by atoms with Crippen molar-refractivity contribution in [1.82, 2.24) is 0 Å². The number of aryl methyl sites for hydroxylation is 1. The molecule has 0 nitrogen and oxygen atoms in total. The molecule has 4 bridgehead atoms. The summed E-state index contributed by atoms with van der Waals surface area (Å²) in [6, 6.07) is 9.13. The lowest BCUT2D eigenvalue weighted by molar-refractivity contribution is 0.237. The Kier molecular flexibility index (Phi) is 1.48. The Hall–Kier alpha value is -0.780. The van der Waals surface area contributed by atoms with Crippen LogP contribution in [0, 0.1) is 29.6 Å². The van der Waals surface area contributed by atoms with Gasteiger partial charge in [-0.15, -0.1) is 0 Å². The van der Waals surface area contributed by atoms with Crippen molar-refractivity contribution in [3.05, 3.63) is 35.4 Å². The lowest BCUT2D eigenvalue weighted by atomic mass is 9.70. The van der Waals surface area contributed by atoms with Crippen LogP contribution in [0.2, 0.25) is 0 Å². The number of hydrogen-bond donors (Lipinski definition) is 0. The lowest BCUT2D eigenvalue weighted by Gasteiger charge is -2.34. The molecule has 4 saturated carbocycles. The molecule has 0 amide bonds. The first-order valence-electron chi connectivity index (χ1n) is 7.02. The Bertz CT molecular complexity index is 513. The molecule has 1 aromatic rings. The average molecular weight is 226 g/mol. The van der Waals surface area contributed by atoms with Gasteiger partial charge in [-0.25, -0.2) is 0 Å². The maximum atomic E-state index is 2.55. The first-order valence-corrected chi connectivity index (χ1v) is 7.02. The highest BCUT2D eigenvalue weighted by molar-refractivity contribution is 5.53. The zero-order valence-electron chi connectivity index (χ0n) is 11.4. The fourth-order valence-electron chi connectivity index (χ4n) is 6.31. The van der Waals surface area contributed by atoms with Crippen molar-refractivity contribution < 1.29 is 0 Å². The largest absolute Gasteiger partial charge is 0.0620 e. The van der Waals surface area contributed by atoms with Crippen molar-refractivity contribution in [3.8, 4) is 0 Å². The molecule has 0 heterocycles. The van der Waals surface area contributed by atoms with Crippen molar-refractivity contribution >= 4 is 0 Å². The number of rotatable bonds is 1. The van der Waals surface area contributed by atoms with E-state index in [-0.39, 0.29) is 0 Å². The van der Waals surface area contributed by atoms with E-state index in [1.807, 2.05) is 0 Å². The van der Waals surface area contributed by atoms with Crippen LogP contribution < -0.4 is 0 Å². The van der Waals surface area contributed by atoms with Gasteiger partial charge in [0.15, 0.2) is 0 Å². The Morgan fingerprint density at radius 3 is 2.29 bits per heavy atom. The maximum Gasteiger partial charge on any atom is 0.00999 e. The van der Waals surface area contributed by atoms with Gasteiger partial charge in [0.2, 0.25) is 0 Å². The van der Waals surface area contributed by atoms with Crippen molar-refractivity contribution in [2.45, 2.75) is 46.0 Å². The van der Waals surface area contributed by atoms with Gasteiger partial charge in [-0.05, 0) is 53.6 Å². The van der Waals surface area contributed by atoms with E-state index in [0.717, 1.165) is 11.8 Å². The molecule has 0 radical (unpaired) electrons. The van der Waals surface area contributed by atoms with E-state index in [4.69, 9.17) is 0 Å². The molecule has 4 aliphatic rings. The van der Waals surface area contributed by atoms with E-state index in [1.54, 1.807) is 5.56 Å².